The highest BCUT2D eigenvalue weighted by Crippen LogP contribution is 2.13. The fourth-order valence-electron chi connectivity index (χ4n) is 1.12. The van der Waals surface area contributed by atoms with Crippen molar-refractivity contribution in [3.05, 3.63) is 24.2 Å². The molecule has 0 saturated heterocycles. The molecule has 0 aliphatic heterocycles. The molecule has 1 aromatic heterocycles. The van der Waals surface area contributed by atoms with Crippen molar-refractivity contribution in [3.63, 3.8) is 0 Å². The Balaban J connectivity index is 2.04. The van der Waals surface area contributed by atoms with E-state index < -0.39 is 0 Å². The Bertz CT molecular complexity index is 222. The van der Waals surface area contributed by atoms with Crippen LogP contribution in [0.1, 0.15) is 12.2 Å². The molecular formula is C10H17NO2S. The lowest BCUT2D eigenvalue weighted by molar-refractivity contribution is 0.246. The van der Waals surface area contributed by atoms with Crippen molar-refractivity contribution < 1.29 is 9.52 Å². The molecule has 0 saturated carbocycles. The first-order valence-corrected chi connectivity index (χ1v) is 5.90. The zero-order chi connectivity index (χ0) is 10.2. The van der Waals surface area contributed by atoms with E-state index in [9.17, 15) is 0 Å². The fraction of sp³-hybridized carbons (Fsp3) is 0.600. The molecule has 0 aromatic carbocycles. The normalized spacial score (nSPS) is 13.0. The highest BCUT2D eigenvalue weighted by molar-refractivity contribution is 7.98. The van der Waals surface area contributed by atoms with Crippen molar-refractivity contribution >= 4 is 11.8 Å². The van der Waals surface area contributed by atoms with Gasteiger partial charge in [0.15, 0.2) is 0 Å². The lowest BCUT2D eigenvalue weighted by Crippen LogP contribution is -2.29. The van der Waals surface area contributed by atoms with Gasteiger partial charge in [0, 0.05) is 6.04 Å². The maximum Gasteiger partial charge on any atom is 0.113 e. The fourth-order valence-corrected chi connectivity index (χ4v) is 2.08. The summed E-state index contributed by atoms with van der Waals surface area (Å²) >= 11 is 1.83. The van der Waals surface area contributed by atoms with Gasteiger partial charge in [-0.25, -0.2) is 0 Å². The van der Waals surface area contributed by atoms with Gasteiger partial charge in [-0.05, 0) is 31.4 Å². The number of aliphatic hydroxyl groups excluding tert-OH is 1. The van der Waals surface area contributed by atoms with E-state index >= 15 is 0 Å². The Morgan fingerprint density at radius 1 is 1.64 bits per heavy atom. The second-order valence-corrected chi connectivity index (χ2v) is 4.19. The topological polar surface area (TPSA) is 45.4 Å². The molecule has 0 radical (unpaired) electrons. The SMILES string of the molecule is CNC(CO)CCSCc1ccco1. The van der Waals surface area contributed by atoms with Crippen molar-refractivity contribution in [1.82, 2.24) is 5.32 Å². The largest absolute Gasteiger partial charge is 0.468 e. The number of hydrogen-bond acceptors (Lipinski definition) is 4. The summed E-state index contributed by atoms with van der Waals surface area (Å²) in [6, 6.07) is 4.10. The van der Waals surface area contributed by atoms with E-state index in [1.165, 1.54) is 0 Å². The number of aliphatic hydroxyl groups is 1. The van der Waals surface area contributed by atoms with Gasteiger partial charge in [-0.3, -0.25) is 0 Å². The van der Waals surface area contributed by atoms with E-state index in [-0.39, 0.29) is 12.6 Å². The van der Waals surface area contributed by atoms with Crippen LogP contribution in [0.2, 0.25) is 0 Å². The summed E-state index contributed by atoms with van der Waals surface area (Å²) in [7, 11) is 1.87. The minimum absolute atomic E-state index is 0.206. The first-order valence-electron chi connectivity index (χ1n) is 4.75. The molecule has 1 rings (SSSR count). The van der Waals surface area contributed by atoms with Gasteiger partial charge in [-0.15, -0.1) is 0 Å². The van der Waals surface area contributed by atoms with E-state index in [0.717, 1.165) is 23.7 Å². The summed E-state index contributed by atoms with van der Waals surface area (Å²) in [5, 5.41) is 12.0. The van der Waals surface area contributed by atoms with Gasteiger partial charge in [0.2, 0.25) is 0 Å². The number of rotatable bonds is 7. The summed E-state index contributed by atoms with van der Waals surface area (Å²) in [6.07, 6.45) is 2.68. The minimum Gasteiger partial charge on any atom is -0.468 e. The average Bonchev–Trinajstić information content (AvgIpc) is 2.71. The zero-order valence-corrected chi connectivity index (χ0v) is 9.22. The Kier molecular flexibility index (Phi) is 5.75. The standard InChI is InChI=1S/C10H17NO2S/c1-11-9(7-12)4-6-14-8-10-3-2-5-13-10/h2-3,5,9,11-12H,4,6-8H2,1H3. The number of hydrogen-bond donors (Lipinski definition) is 2. The lowest BCUT2D eigenvalue weighted by Gasteiger charge is -2.11. The average molecular weight is 215 g/mol. The molecule has 0 bridgehead atoms. The van der Waals surface area contributed by atoms with Crippen LogP contribution in [-0.4, -0.2) is 30.6 Å². The van der Waals surface area contributed by atoms with Crippen LogP contribution in [-0.2, 0) is 5.75 Å². The van der Waals surface area contributed by atoms with Gasteiger partial charge in [-0.1, -0.05) is 0 Å². The molecule has 4 heteroatoms. The van der Waals surface area contributed by atoms with Gasteiger partial charge < -0.3 is 14.8 Å². The van der Waals surface area contributed by atoms with E-state index in [4.69, 9.17) is 9.52 Å². The number of thioether (sulfide) groups is 1. The summed E-state index contributed by atoms with van der Waals surface area (Å²) in [5.74, 6) is 2.96. The lowest BCUT2D eigenvalue weighted by atomic mass is 10.2. The Morgan fingerprint density at radius 2 is 2.50 bits per heavy atom. The van der Waals surface area contributed by atoms with Crippen LogP contribution in [0.25, 0.3) is 0 Å². The Hall–Kier alpha value is -0.450. The molecule has 0 amide bonds. The summed E-state index contributed by atoms with van der Waals surface area (Å²) in [6.45, 7) is 0.206. The maximum atomic E-state index is 8.92. The third-order valence-electron chi connectivity index (χ3n) is 2.06. The summed E-state index contributed by atoms with van der Waals surface area (Å²) < 4.78 is 5.21. The predicted molar refractivity (Wildman–Crippen MR) is 59.4 cm³/mol. The molecule has 0 spiro atoms. The second-order valence-electron chi connectivity index (χ2n) is 3.09. The van der Waals surface area contributed by atoms with Crippen molar-refractivity contribution in [2.75, 3.05) is 19.4 Å². The molecule has 14 heavy (non-hydrogen) atoms. The maximum absolute atomic E-state index is 8.92. The molecule has 1 heterocycles. The zero-order valence-electron chi connectivity index (χ0n) is 8.40. The summed E-state index contributed by atoms with van der Waals surface area (Å²) in [4.78, 5) is 0. The van der Waals surface area contributed by atoms with Crippen molar-refractivity contribution in [2.45, 2.75) is 18.2 Å². The van der Waals surface area contributed by atoms with Gasteiger partial charge in [0.25, 0.3) is 0 Å². The highest BCUT2D eigenvalue weighted by atomic mass is 32.2. The first kappa shape index (κ1) is 11.6. The van der Waals surface area contributed by atoms with Crippen LogP contribution in [0.4, 0.5) is 0 Å². The van der Waals surface area contributed by atoms with E-state index in [2.05, 4.69) is 5.32 Å². The molecule has 3 nitrogen and oxygen atoms in total. The molecule has 0 aliphatic carbocycles. The number of nitrogens with one attached hydrogen (secondary N) is 1. The van der Waals surface area contributed by atoms with Crippen LogP contribution < -0.4 is 5.32 Å². The van der Waals surface area contributed by atoms with E-state index in [0.29, 0.717) is 0 Å². The van der Waals surface area contributed by atoms with Crippen LogP contribution in [0.5, 0.6) is 0 Å². The summed E-state index contributed by atoms with van der Waals surface area (Å²) in [5.41, 5.74) is 0. The molecule has 0 fully saturated rings. The highest BCUT2D eigenvalue weighted by Gasteiger charge is 2.03. The molecule has 80 valence electrons. The smallest absolute Gasteiger partial charge is 0.113 e. The van der Waals surface area contributed by atoms with Gasteiger partial charge in [0.05, 0.1) is 18.6 Å². The molecule has 1 unspecified atom stereocenters. The number of furan rings is 1. The first-order chi connectivity index (χ1) is 6.86. The van der Waals surface area contributed by atoms with Gasteiger partial charge in [0.1, 0.15) is 5.76 Å². The Morgan fingerprint density at radius 3 is 3.07 bits per heavy atom. The van der Waals surface area contributed by atoms with Crippen molar-refractivity contribution in [3.8, 4) is 0 Å². The molecule has 1 aromatic rings. The number of likely N-dealkylation sites (N-methyl/N-ethyl adjacent to an activating group) is 1. The van der Waals surface area contributed by atoms with Crippen LogP contribution in [0.3, 0.4) is 0 Å². The molecular weight excluding hydrogens is 198 g/mol. The van der Waals surface area contributed by atoms with Crippen LogP contribution in [0.15, 0.2) is 22.8 Å². The molecule has 2 N–H and O–H groups in total. The van der Waals surface area contributed by atoms with Crippen LogP contribution in [0, 0.1) is 0 Å². The third-order valence-corrected chi connectivity index (χ3v) is 3.08. The van der Waals surface area contributed by atoms with E-state index in [1.54, 1.807) is 6.26 Å². The quantitative estimate of drug-likeness (QED) is 0.676. The van der Waals surface area contributed by atoms with Gasteiger partial charge in [-0.2, -0.15) is 11.8 Å². The Labute approximate surface area is 88.9 Å². The molecule has 1 atom stereocenters. The monoisotopic (exact) mass is 215 g/mol. The minimum atomic E-state index is 0.206. The molecule has 0 aliphatic rings. The predicted octanol–water partition coefficient (Wildman–Crippen LogP) is 1.48. The van der Waals surface area contributed by atoms with Gasteiger partial charge >= 0.3 is 0 Å². The third kappa shape index (κ3) is 4.17. The van der Waals surface area contributed by atoms with Crippen molar-refractivity contribution in [1.29, 1.82) is 0 Å². The second kappa shape index (κ2) is 6.92. The van der Waals surface area contributed by atoms with Crippen LogP contribution >= 0.6 is 11.8 Å². The van der Waals surface area contributed by atoms with Crippen molar-refractivity contribution in [2.24, 2.45) is 0 Å². The van der Waals surface area contributed by atoms with E-state index in [1.807, 2.05) is 30.9 Å².